The second-order valence-electron chi connectivity index (χ2n) is 11.0. The Bertz CT molecular complexity index is 1470. The first kappa shape index (κ1) is 21.5. The fraction of sp³-hybridized carbons (Fsp3) is 0.357. The summed E-state index contributed by atoms with van der Waals surface area (Å²) in [7, 11) is 0. The maximum Gasteiger partial charge on any atom is 0.116 e. The van der Waals surface area contributed by atoms with Crippen LogP contribution in [0.4, 0.5) is 0 Å². The van der Waals surface area contributed by atoms with Crippen LogP contribution in [-0.2, 0) is 11.8 Å². The summed E-state index contributed by atoms with van der Waals surface area (Å²) in [4.78, 5) is 11.0. The van der Waals surface area contributed by atoms with E-state index < -0.39 is 0 Å². The molecule has 0 amide bonds. The van der Waals surface area contributed by atoms with Crippen molar-refractivity contribution in [3.8, 4) is 11.3 Å². The summed E-state index contributed by atoms with van der Waals surface area (Å²) >= 11 is 3.78. The lowest BCUT2D eigenvalue weighted by Gasteiger charge is -2.22. The molecule has 2 nitrogen and oxygen atoms in total. The topological polar surface area (TPSA) is 25.8 Å². The first-order valence-electron chi connectivity index (χ1n) is 11.2. The summed E-state index contributed by atoms with van der Waals surface area (Å²) < 4.78 is 3.90. The number of fused-ring (bicyclic) bond motifs is 4. The molecule has 5 rings (SSSR count). The molecule has 164 valence electrons. The standard InChI is InChI=1S/C28H30N2S2/c1-16-21(14-27(2,3)4)31-26-23-25(32-24(16)26)22(29-15-30-23)18-12-17-10-8-9-11-19(17)20(13-18)28(5,6)7/h8-13,15H,14H2,1-7H3. The third-order valence-electron chi connectivity index (χ3n) is 6.05. The lowest BCUT2D eigenvalue weighted by molar-refractivity contribution is 0.414. The number of rotatable bonds is 2. The molecule has 0 atom stereocenters. The van der Waals surface area contributed by atoms with Gasteiger partial charge < -0.3 is 0 Å². The van der Waals surface area contributed by atoms with Gasteiger partial charge >= 0.3 is 0 Å². The minimum absolute atomic E-state index is 0.0516. The van der Waals surface area contributed by atoms with E-state index in [0.717, 1.165) is 17.6 Å². The van der Waals surface area contributed by atoms with Crippen LogP contribution in [0.1, 0.15) is 57.5 Å². The molecule has 3 aromatic heterocycles. The van der Waals surface area contributed by atoms with Crippen molar-refractivity contribution in [2.24, 2.45) is 5.41 Å². The Morgan fingerprint density at radius 3 is 2.31 bits per heavy atom. The van der Waals surface area contributed by atoms with Crippen molar-refractivity contribution in [1.29, 1.82) is 0 Å². The molecule has 4 heteroatoms. The number of thiophene rings is 2. The Labute approximate surface area is 198 Å². The normalized spacial score (nSPS) is 13.0. The van der Waals surface area contributed by atoms with Crippen LogP contribution in [0.3, 0.4) is 0 Å². The predicted octanol–water partition coefficient (Wildman–Crippen LogP) is 8.92. The van der Waals surface area contributed by atoms with Crippen molar-refractivity contribution in [1.82, 2.24) is 9.97 Å². The van der Waals surface area contributed by atoms with Gasteiger partial charge in [0.2, 0.25) is 0 Å². The minimum atomic E-state index is 0.0516. The van der Waals surface area contributed by atoms with E-state index in [4.69, 9.17) is 9.97 Å². The molecule has 0 fully saturated rings. The molecule has 0 aliphatic heterocycles. The molecule has 5 aromatic rings. The van der Waals surface area contributed by atoms with E-state index in [1.54, 1.807) is 6.33 Å². The molecule has 0 bridgehead atoms. The van der Waals surface area contributed by atoms with Crippen molar-refractivity contribution in [2.45, 2.75) is 60.3 Å². The molecule has 0 spiro atoms. The summed E-state index contributed by atoms with van der Waals surface area (Å²) in [5, 5.41) is 2.59. The van der Waals surface area contributed by atoms with Gasteiger partial charge in [0.05, 0.1) is 19.8 Å². The van der Waals surface area contributed by atoms with Crippen molar-refractivity contribution in [3.63, 3.8) is 0 Å². The SMILES string of the molecule is Cc1c(CC(C)(C)C)sc2c1sc1c(-c3cc(C(C)(C)C)c4ccccc4c3)ncnc12. The number of aryl methyl sites for hydroxylation is 1. The molecular formula is C28H30N2S2. The highest BCUT2D eigenvalue weighted by Crippen LogP contribution is 2.46. The Kier molecular flexibility index (Phi) is 4.95. The van der Waals surface area contributed by atoms with Crippen molar-refractivity contribution in [3.05, 3.63) is 58.7 Å². The highest BCUT2D eigenvalue weighted by molar-refractivity contribution is 7.33. The largest absolute Gasteiger partial charge is 0.235 e. The van der Waals surface area contributed by atoms with E-state index in [9.17, 15) is 0 Å². The zero-order valence-electron chi connectivity index (χ0n) is 20.0. The third-order valence-corrected chi connectivity index (χ3v) is 8.78. The molecule has 0 unspecified atom stereocenters. The molecule has 2 aromatic carbocycles. The molecule has 0 saturated carbocycles. The minimum Gasteiger partial charge on any atom is -0.235 e. The van der Waals surface area contributed by atoms with Crippen LogP contribution in [0.5, 0.6) is 0 Å². The maximum absolute atomic E-state index is 4.80. The monoisotopic (exact) mass is 458 g/mol. The molecule has 0 saturated heterocycles. The van der Waals surface area contributed by atoms with Gasteiger partial charge in [-0.1, -0.05) is 65.8 Å². The number of nitrogens with zero attached hydrogens (tertiary/aromatic N) is 2. The number of benzene rings is 2. The summed E-state index contributed by atoms with van der Waals surface area (Å²) in [6.45, 7) is 16.1. The average Bonchev–Trinajstić information content (AvgIpc) is 3.22. The van der Waals surface area contributed by atoms with Crippen LogP contribution >= 0.6 is 22.7 Å². The molecule has 3 heterocycles. The predicted molar refractivity (Wildman–Crippen MR) is 142 cm³/mol. The average molecular weight is 459 g/mol. The first-order chi connectivity index (χ1) is 15.0. The van der Waals surface area contributed by atoms with Crippen molar-refractivity contribution < 1.29 is 0 Å². The van der Waals surface area contributed by atoms with Crippen LogP contribution < -0.4 is 0 Å². The van der Waals surface area contributed by atoms with Gasteiger partial charge in [-0.3, -0.25) is 0 Å². The number of hydrogen-bond acceptors (Lipinski definition) is 4. The van der Waals surface area contributed by atoms with Crippen molar-refractivity contribution >= 4 is 53.1 Å². The quantitative estimate of drug-likeness (QED) is 0.264. The van der Waals surface area contributed by atoms with E-state index in [-0.39, 0.29) is 10.8 Å². The Morgan fingerprint density at radius 1 is 0.844 bits per heavy atom. The smallest absolute Gasteiger partial charge is 0.116 e. The molecule has 0 N–H and O–H groups in total. The lowest BCUT2D eigenvalue weighted by atomic mass is 9.82. The van der Waals surface area contributed by atoms with Crippen LogP contribution in [0.15, 0.2) is 42.7 Å². The van der Waals surface area contributed by atoms with Gasteiger partial charge in [0.1, 0.15) is 11.8 Å². The van der Waals surface area contributed by atoms with Gasteiger partial charge in [0.15, 0.2) is 0 Å². The second-order valence-corrected chi connectivity index (χ2v) is 13.2. The van der Waals surface area contributed by atoms with Crippen LogP contribution in [0.2, 0.25) is 0 Å². The van der Waals surface area contributed by atoms with E-state index >= 15 is 0 Å². The summed E-state index contributed by atoms with van der Waals surface area (Å²) in [6.07, 6.45) is 2.85. The van der Waals surface area contributed by atoms with Gasteiger partial charge in [0, 0.05) is 10.4 Å². The fourth-order valence-corrected chi connectivity index (χ4v) is 7.55. The Hall–Kier alpha value is -2.30. The van der Waals surface area contributed by atoms with E-state index in [2.05, 4.69) is 84.9 Å². The Balaban J connectivity index is 1.75. The van der Waals surface area contributed by atoms with Gasteiger partial charge in [-0.15, -0.1) is 22.7 Å². The maximum atomic E-state index is 4.80. The molecule has 0 radical (unpaired) electrons. The molecule has 0 aliphatic rings. The lowest BCUT2D eigenvalue weighted by Crippen LogP contribution is -2.12. The summed E-state index contributed by atoms with van der Waals surface area (Å²) in [6, 6.07) is 13.3. The van der Waals surface area contributed by atoms with E-state index in [1.807, 2.05) is 22.7 Å². The zero-order valence-corrected chi connectivity index (χ0v) is 21.6. The van der Waals surface area contributed by atoms with E-state index in [1.165, 1.54) is 46.4 Å². The number of aromatic nitrogens is 2. The fourth-order valence-electron chi connectivity index (χ4n) is 4.48. The van der Waals surface area contributed by atoms with Gasteiger partial charge in [-0.05, 0) is 58.2 Å². The van der Waals surface area contributed by atoms with Crippen molar-refractivity contribution in [2.75, 3.05) is 0 Å². The third kappa shape index (κ3) is 3.64. The highest BCUT2D eigenvalue weighted by Gasteiger charge is 2.23. The molecular weight excluding hydrogens is 428 g/mol. The Morgan fingerprint density at radius 2 is 1.59 bits per heavy atom. The van der Waals surface area contributed by atoms with Crippen LogP contribution in [-0.4, -0.2) is 9.97 Å². The summed E-state index contributed by atoms with van der Waals surface area (Å²) in [5.41, 5.74) is 6.45. The van der Waals surface area contributed by atoms with Gasteiger partial charge in [-0.25, -0.2) is 9.97 Å². The molecule has 32 heavy (non-hydrogen) atoms. The summed E-state index contributed by atoms with van der Waals surface area (Å²) in [5.74, 6) is 0. The van der Waals surface area contributed by atoms with Crippen LogP contribution in [0.25, 0.3) is 41.6 Å². The van der Waals surface area contributed by atoms with Gasteiger partial charge in [0.25, 0.3) is 0 Å². The van der Waals surface area contributed by atoms with Crippen LogP contribution in [0, 0.1) is 12.3 Å². The molecule has 0 aliphatic carbocycles. The van der Waals surface area contributed by atoms with Gasteiger partial charge in [-0.2, -0.15) is 0 Å². The second kappa shape index (κ2) is 7.36. The highest BCUT2D eigenvalue weighted by atomic mass is 32.1. The zero-order chi connectivity index (χ0) is 22.8. The van der Waals surface area contributed by atoms with E-state index in [0.29, 0.717) is 0 Å². The number of hydrogen-bond donors (Lipinski definition) is 0. The first-order valence-corrected chi connectivity index (χ1v) is 12.9.